The number of ether oxygens (including phenoxy) is 2. The van der Waals surface area contributed by atoms with Crippen LogP contribution in [-0.4, -0.2) is 58.0 Å². The molecule has 0 saturated heterocycles. The van der Waals surface area contributed by atoms with E-state index in [0.717, 1.165) is 36.4 Å². The van der Waals surface area contributed by atoms with Gasteiger partial charge in [0.1, 0.15) is 12.6 Å². The number of amides is 2. The molecule has 242 valence electrons. The molecule has 0 aromatic heterocycles. The number of nitrogens with one attached hydrogen (secondary N) is 1. The molecule has 1 atom stereocenters. The van der Waals surface area contributed by atoms with Crippen LogP contribution in [0.2, 0.25) is 10.0 Å². The van der Waals surface area contributed by atoms with Crippen molar-refractivity contribution in [3.63, 3.8) is 0 Å². The summed E-state index contributed by atoms with van der Waals surface area (Å²) in [5.41, 5.74) is 0.858. The van der Waals surface area contributed by atoms with Gasteiger partial charge in [0.25, 0.3) is 10.0 Å². The van der Waals surface area contributed by atoms with Crippen LogP contribution in [0.15, 0.2) is 71.6 Å². The minimum Gasteiger partial charge on any atom is -0.493 e. The summed E-state index contributed by atoms with van der Waals surface area (Å²) in [7, 11) is -1.43. The first kappa shape index (κ1) is 34.4. The first-order valence-corrected chi connectivity index (χ1v) is 17.1. The third-order valence-corrected chi connectivity index (χ3v) is 10.3. The van der Waals surface area contributed by atoms with Crippen LogP contribution >= 0.6 is 23.2 Å². The van der Waals surface area contributed by atoms with E-state index in [9.17, 15) is 18.0 Å². The molecule has 0 aliphatic heterocycles. The summed E-state index contributed by atoms with van der Waals surface area (Å²) in [5.74, 6) is -0.265. The van der Waals surface area contributed by atoms with Crippen molar-refractivity contribution in [1.82, 2.24) is 10.2 Å². The molecule has 2 amide bonds. The molecule has 45 heavy (non-hydrogen) atoms. The Labute approximate surface area is 275 Å². The maximum Gasteiger partial charge on any atom is 0.264 e. The zero-order valence-electron chi connectivity index (χ0n) is 25.7. The molecule has 3 aromatic rings. The van der Waals surface area contributed by atoms with Crippen LogP contribution in [-0.2, 0) is 26.2 Å². The van der Waals surface area contributed by atoms with E-state index < -0.39 is 28.5 Å². The monoisotopic (exact) mass is 675 g/mol. The summed E-state index contributed by atoms with van der Waals surface area (Å²) in [4.78, 5) is 29.4. The van der Waals surface area contributed by atoms with Crippen molar-refractivity contribution in [1.29, 1.82) is 0 Å². The first-order valence-electron chi connectivity index (χ1n) is 14.9. The molecule has 0 unspecified atom stereocenters. The fraction of sp³-hybridized carbons (Fsp3) is 0.394. The number of sulfonamides is 1. The van der Waals surface area contributed by atoms with Crippen molar-refractivity contribution in [2.75, 3.05) is 25.1 Å². The minimum absolute atomic E-state index is 0.0233. The lowest BCUT2D eigenvalue weighted by Gasteiger charge is -2.34. The van der Waals surface area contributed by atoms with Crippen molar-refractivity contribution in [2.24, 2.45) is 0 Å². The number of para-hydroxylation sites is 1. The summed E-state index contributed by atoms with van der Waals surface area (Å²) in [6.45, 7) is 1.23. The minimum atomic E-state index is -4.30. The van der Waals surface area contributed by atoms with Crippen LogP contribution in [0.25, 0.3) is 0 Å². The second-order valence-corrected chi connectivity index (χ2v) is 13.6. The van der Waals surface area contributed by atoms with Gasteiger partial charge in [-0.15, -0.1) is 0 Å². The molecule has 0 heterocycles. The van der Waals surface area contributed by atoms with Gasteiger partial charge in [0, 0.05) is 28.7 Å². The number of carbonyl (C=O) groups is 2. The van der Waals surface area contributed by atoms with Crippen LogP contribution in [0.3, 0.4) is 0 Å². The lowest BCUT2D eigenvalue weighted by Crippen LogP contribution is -2.54. The molecule has 12 heteroatoms. The third kappa shape index (κ3) is 8.42. The van der Waals surface area contributed by atoms with Crippen molar-refractivity contribution >= 4 is 50.7 Å². The number of hydrogen-bond donors (Lipinski definition) is 1. The van der Waals surface area contributed by atoms with Gasteiger partial charge in [-0.1, -0.05) is 73.7 Å². The van der Waals surface area contributed by atoms with E-state index in [-0.39, 0.29) is 34.8 Å². The fourth-order valence-corrected chi connectivity index (χ4v) is 7.42. The van der Waals surface area contributed by atoms with E-state index in [4.69, 9.17) is 32.7 Å². The molecule has 1 N–H and O–H groups in total. The number of carbonyl (C=O) groups excluding carboxylic acids is 2. The molecule has 9 nitrogen and oxygen atoms in total. The summed E-state index contributed by atoms with van der Waals surface area (Å²) < 4.78 is 40.0. The van der Waals surface area contributed by atoms with E-state index in [1.54, 1.807) is 48.5 Å². The lowest BCUT2D eigenvalue weighted by molar-refractivity contribution is -0.140. The van der Waals surface area contributed by atoms with E-state index in [1.165, 1.54) is 37.3 Å². The van der Waals surface area contributed by atoms with Crippen molar-refractivity contribution in [2.45, 2.75) is 69.0 Å². The van der Waals surface area contributed by atoms with Crippen molar-refractivity contribution in [3.05, 3.63) is 82.3 Å². The number of methoxy groups -OCH3 is 2. The van der Waals surface area contributed by atoms with Crippen molar-refractivity contribution < 1.29 is 27.5 Å². The van der Waals surface area contributed by atoms with Crippen LogP contribution < -0.4 is 19.1 Å². The number of benzene rings is 3. The Morgan fingerprint density at radius 1 is 0.933 bits per heavy atom. The Morgan fingerprint density at radius 2 is 1.62 bits per heavy atom. The Kier molecular flexibility index (Phi) is 12.0. The van der Waals surface area contributed by atoms with Gasteiger partial charge in [-0.2, -0.15) is 0 Å². The number of hydrogen-bond acceptors (Lipinski definition) is 6. The zero-order chi connectivity index (χ0) is 32.6. The smallest absolute Gasteiger partial charge is 0.264 e. The molecular weight excluding hydrogens is 637 g/mol. The number of rotatable bonds is 13. The standard InChI is InChI=1S/C33H39Cl2N3O6S/c1-4-29(33(40)36-25-11-7-5-8-12-25)37(21-23-15-16-24(34)19-28(23)35)32(39)22-38(26-13-9-6-10-14-26)45(41,42)27-17-18-30(43-2)31(20-27)44-3/h6,9-10,13-20,25,29H,4-5,7-8,11-12,21-22H2,1-3H3,(H,36,40)/t29-/m0/s1. The highest BCUT2D eigenvalue weighted by Gasteiger charge is 2.35. The zero-order valence-corrected chi connectivity index (χ0v) is 28.0. The van der Waals surface area contributed by atoms with Gasteiger partial charge in [0.15, 0.2) is 11.5 Å². The Morgan fingerprint density at radius 3 is 2.24 bits per heavy atom. The summed E-state index contributed by atoms with van der Waals surface area (Å²) in [6.07, 6.45) is 5.26. The third-order valence-electron chi connectivity index (χ3n) is 7.96. The summed E-state index contributed by atoms with van der Waals surface area (Å²) in [6, 6.07) is 16.7. The van der Waals surface area contributed by atoms with E-state index in [1.807, 2.05) is 6.92 Å². The van der Waals surface area contributed by atoms with Crippen LogP contribution in [0.1, 0.15) is 51.0 Å². The molecule has 1 aliphatic carbocycles. The predicted molar refractivity (Wildman–Crippen MR) is 177 cm³/mol. The highest BCUT2D eigenvalue weighted by molar-refractivity contribution is 7.92. The average Bonchev–Trinajstić information content (AvgIpc) is 3.04. The van der Waals surface area contributed by atoms with Gasteiger partial charge >= 0.3 is 0 Å². The van der Waals surface area contributed by atoms with Crippen LogP contribution in [0, 0.1) is 0 Å². The maximum absolute atomic E-state index is 14.3. The first-order chi connectivity index (χ1) is 21.6. The topological polar surface area (TPSA) is 105 Å². The number of nitrogens with zero attached hydrogens (tertiary/aromatic N) is 2. The van der Waals surface area contributed by atoms with E-state index in [0.29, 0.717) is 27.8 Å². The van der Waals surface area contributed by atoms with Gasteiger partial charge in [-0.25, -0.2) is 8.42 Å². The molecule has 0 bridgehead atoms. The lowest BCUT2D eigenvalue weighted by atomic mass is 9.95. The van der Waals surface area contributed by atoms with Crippen LogP contribution in [0.5, 0.6) is 11.5 Å². The van der Waals surface area contributed by atoms with Gasteiger partial charge in [-0.3, -0.25) is 13.9 Å². The number of halogens is 2. The highest BCUT2D eigenvalue weighted by atomic mass is 35.5. The predicted octanol–water partition coefficient (Wildman–Crippen LogP) is 6.46. The highest BCUT2D eigenvalue weighted by Crippen LogP contribution is 2.33. The molecule has 1 saturated carbocycles. The largest absolute Gasteiger partial charge is 0.493 e. The molecule has 4 rings (SSSR count). The molecule has 1 fully saturated rings. The quantitative estimate of drug-likeness (QED) is 0.223. The second-order valence-electron chi connectivity index (χ2n) is 10.9. The Bertz CT molecular complexity index is 1580. The molecule has 0 radical (unpaired) electrons. The molecule has 1 aliphatic rings. The van der Waals surface area contributed by atoms with E-state index in [2.05, 4.69) is 5.32 Å². The molecule has 0 spiro atoms. The summed E-state index contributed by atoms with van der Waals surface area (Å²) in [5, 5.41) is 3.90. The fourth-order valence-electron chi connectivity index (χ4n) is 5.52. The van der Waals surface area contributed by atoms with Crippen LogP contribution in [0.4, 0.5) is 5.69 Å². The Hall–Kier alpha value is -3.47. The van der Waals surface area contributed by atoms with Gasteiger partial charge in [-0.05, 0) is 61.2 Å². The van der Waals surface area contributed by atoms with Gasteiger partial charge in [0.2, 0.25) is 11.8 Å². The van der Waals surface area contributed by atoms with E-state index >= 15 is 0 Å². The number of anilines is 1. The average molecular weight is 677 g/mol. The van der Waals surface area contributed by atoms with Gasteiger partial charge < -0.3 is 19.7 Å². The SMILES string of the molecule is CC[C@@H](C(=O)NC1CCCCC1)N(Cc1ccc(Cl)cc1Cl)C(=O)CN(c1ccccc1)S(=O)(=O)c1ccc(OC)c(OC)c1. The maximum atomic E-state index is 14.3. The van der Waals surface area contributed by atoms with Gasteiger partial charge in [0.05, 0.1) is 24.8 Å². The second kappa shape index (κ2) is 15.7. The Balaban J connectivity index is 1.73. The molecular formula is C33H39Cl2N3O6S. The normalized spacial score (nSPS) is 14.3. The van der Waals surface area contributed by atoms with Crippen molar-refractivity contribution in [3.8, 4) is 11.5 Å². The summed E-state index contributed by atoms with van der Waals surface area (Å²) >= 11 is 12.6. The molecule has 3 aromatic carbocycles.